The summed E-state index contributed by atoms with van der Waals surface area (Å²) < 4.78 is 6.57. The van der Waals surface area contributed by atoms with Crippen molar-refractivity contribution in [2.24, 2.45) is 10.7 Å². The fourth-order valence-electron chi connectivity index (χ4n) is 1.71. The van der Waals surface area contributed by atoms with Crippen molar-refractivity contribution in [1.82, 2.24) is 0 Å². The summed E-state index contributed by atoms with van der Waals surface area (Å²) in [5.41, 5.74) is 7.96. The Morgan fingerprint density at radius 2 is 2.00 bits per heavy atom. The molecule has 0 heterocycles. The summed E-state index contributed by atoms with van der Waals surface area (Å²) in [5.74, 6) is 1.20. The number of benzene rings is 2. The molecule has 0 saturated heterocycles. The van der Waals surface area contributed by atoms with Crippen LogP contribution in [0, 0.1) is 6.92 Å². The minimum atomic E-state index is 0.386. The van der Waals surface area contributed by atoms with Crippen molar-refractivity contribution in [3.8, 4) is 5.75 Å². The topological polar surface area (TPSA) is 59.6 Å². The van der Waals surface area contributed by atoms with Crippen LogP contribution in [0.4, 0.5) is 5.69 Å². The van der Waals surface area contributed by atoms with Crippen molar-refractivity contribution in [2.45, 2.75) is 6.92 Å². The number of nitrogens with one attached hydrogen (secondary N) is 1. The second kappa shape index (κ2) is 7.69. The quantitative estimate of drug-likeness (QED) is 0.493. The first-order valence-corrected chi connectivity index (χ1v) is 7.45. The van der Waals surface area contributed by atoms with Gasteiger partial charge >= 0.3 is 0 Å². The highest BCUT2D eigenvalue weighted by atomic mass is 79.9. The molecule has 110 valence electrons. The lowest BCUT2D eigenvalue weighted by Crippen LogP contribution is -2.23. The van der Waals surface area contributed by atoms with Crippen LogP contribution in [0.3, 0.4) is 0 Å². The second-order valence-electron chi connectivity index (χ2n) is 4.56. The normalized spacial score (nSPS) is 11.2. The van der Waals surface area contributed by atoms with Crippen molar-refractivity contribution in [3.63, 3.8) is 0 Å². The predicted octanol–water partition coefficient (Wildman–Crippen LogP) is 3.56. The third-order valence-corrected chi connectivity index (χ3v) is 3.26. The molecule has 0 amide bonds. The average Bonchev–Trinajstić information content (AvgIpc) is 2.46. The molecule has 0 aromatic heterocycles. The number of nitrogens with zero attached hydrogens (tertiary/aromatic N) is 1. The number of anilines is 1. The molecule has 2 rings (SSSR count). The number of nitrogens with two attached hydrogens (primary N) is 1. The zero-order valence-electron chi connectivity index (χ0n) is 11.8. The number of ether oxygens (including phenoxy) is 1. The monoisotopic (exact) mass is 347 g/mol. The third-order valence-electron chi connectivity index (χ3n) is 2.76. The molecule has 2 aromatic rings. The van der Waals surface area contributed by atoms with E-state index in [1.165, 1.54) is 5.56 Å². The minimum absolute atomic E-state index is 0.386. The Morgan fingerprint density at radius 1 is 1.24 bits per heavy atom. The molecule has 0 radical (unpaired) electrons. The first kappa shape index (κ1) is 15.4. The van der Waals surface area contributed by atoms with E-state index in [9.17, 15) is 0 Å². The number of hydrogen-bond acceptors (Lipinski definition) is 2. The van der Waals surface area contributed by atoms with E-state index in [2.05, 4.69) is 26.2 Å². The standard InChI is InChI=1S/C16H18BrN3O/c1-12-5-7-14(8-6-12)20-16(18)19-9-10-21-15-4-2-3-13(17)11-15/h2-8,11H,9-10H2,1H3,(H3,18,19,20). The van der Waals surface area contributed by atoms with Crippen LogP contribution in [-0.2, 0) is 0 Å². The number of halogens is 1. The highest BCUT2D eigenvalue weighted by Gasteiger charge is 1.96. The molecular formula is C16H18BrN3O. The van der Waals surface area contributed by atoms with Gasteiger partial charge in [0.2, 0.25) is 0 Å². The summed E-state index contributed by atoms with van der Waals surface area (Å²) in [6, 6.07) is 15.7. The van der Waals surface area contributed by atoms with Gasteiger partial charge in [-0.05, 0) is 37.3 Å². The minimum Gasteiger partial charge on any atom is -0.492 e. The summed E-state index contributed by atoms with van der Waals surface area (Å²) >= 11 is 3.40. The van der Waals surface area contributed by atoms with Crippen molar-refractivity contribution in [1.29, 1.82) is 0 Å². The van der Waals surface area contributed by atoms with Crippen molar-refractivity contribution >= 4 is 27.6 Å². The van der Waals surface area contributed by atoms with E-state index in [1.54, 1.807) is 0 Å². The Hall–Kier alpha value is -2.01. The van der Waals surface area contributed by atoms with Gasteiger partial charge in [0.1, 0.15) is 12.4 Å². The molecule has 0 aliphatic carbocycles. The number of aryl methyl sites for hydroxylation is 1. The summed E-state index contributed by atoms with van der Waals surface area (Å²) in [5, 5.41) is 3.04. The number of hydrogen-bond donors (Lipinski definition) is 2. The van der Waals surface area contributed by atoms with Crippen LogP contribution in [0.25, 0.3) is 0 Å². The molecule has 0 aliphatic heterocycles. The lowest BCUT2D eigenvalue weighted by molar-refractivity contribution is 0.328. The smallest absolute Gasteiger partial charge is 0.193 e. The predicted molar refractivity (Wildman–Crippen MR) is 90.9 cm³/mol. The van der Waals surface area contributed by atoms with E-state index in [-0.39, 0.29) is 0 Å². The Balaban J connectivity index is 1.77. The Bertz CT molecular complexity index is 611. The summed E-state index contributed by atoms with van der Waals surface area (Å²) in [6.07, 6.45) is 0. The molecule has 0 spiro atoms. The fourth-order valence-corrected chi connectivity index (χ4v) is 2.09. The van der Waals surface area contributed by atoms with Gasteiger partial charge in [-0.2, -0.15) is 0 Å². The molecule has 0 bridgehead atoms. The van der Waals surface area contributed by atoms with E-state index in [1.807, 2.05) is 55.5 Å². The van der Waals surface area contributed by atoms with Gasteiger partial charge in [0.05, 0.1) is 6.54 Å². The number of rotatable bonds is 5. The van der Waals surface area contributed by atoms with Gasteiger partial charge in [-0.15, -0.1) is 0 Å². The average molecular weight is 348 g/mol. The van der Waals surface area contributed by atoms with Crippen LogP contribution >= 0.6 is 15.9 Å². The van der Waals surface area contributed by atoms with Gasteiger partial charge in [0, 0.05) is 10.2 Å². The lowest BCUT2D eigenvalue weighted by Gasteiger charge is -2.07. The maximum atomic E-state index is 5.82. The van der Waals surface area contributed by atoms with Crippen LogP contribution in [0.1, 0.15) is 5.56 Å². The highest BCUT2D eigenvalue weighted by molar-refractivity contribution is 9.10. The molecule has 0 atom stereocenters. The van der Waals surface area contributed by atoms with Crippen LogP contribution < -0.4 is 15.8 Å². The number of guanidine groups is 1. The van der Waals surface area contributed by atoms with Crippen molar-refractivity contribution < 1.29 is 4.74 Å². The van der Waals surface area contributed by atoms with Crippen LogP contribution in [0.2, 0.25) is 0 Å². The van der Waals surface area contributed by atoms with E-state index < -0.39 is 0 Å². The van der Waals surface area contributed by atoms with Gasteiger partial charge in [-0.3, -0.25) is 0 Å². The molecule has 0 aliphatic rings. The third kappa shape index (κ3) is 5.47. The molecule has 21 heavy (non-hydrogen) atoms. The van der Waals surface area contributed by atoms with Crippen LogP contribution in [0.5, 0.6) is 5.75 Å². The molecule has 0 unspecified atom stereocenters. The Kier molecular flexibility index (Phi) is 5.63. The summed E-state index contributed by atoms with van der Waals surface area (Å²) in [4.78, 5) is 4.23. The largest absolute Gasteiger partial charge is 0.492 e. The van der Waals surface area contributed by atoms with E-state index in [0.29, 0.717) is 19.1 Å². The fraction of sp³-hybridized carbons (Fsp3) is 0.188. The van der Waals surface area contributed by atoms with Gasteiger partial charge in [-0.1, -0.05) is 39.7 Å². The van der Waals surface area contributed by atoms with Crippen LogP contribution in [0.15, 0.2) is 58.0 Å². The first-order valence-electron chi connectivity index (χ1n) is 6.65. The van der Waals surface area contributed by atoms with Gasteiger partial charge in [0.15, 0.2) is 5.96 Å². The maximum Gasteiger partial charge on any atom is 0.193 e. The summed E-state index contributed by atoms with van der Waals surface area (Å²) in [7, 11) is 0. The van der Waals surface area contributed by atoms with Crippen LogP contribution in [-0.4, -0.2) is 19.1 Å². The zero-order chi connectivity index (χ0) is 15.1. The Labute approximate surface area is 133 Å². The number of aliphatic imine (C=N–C) groups is 1. The molecular weight excluding hydrogens is 330 g/mol. The van der Waals surface area contributed by atoms with Crippen molar-refractivity contribution in [3.05, 3.63) is 58.6 Å². The van der Waals surface area contributed by atoms with Gasteiger partial charge < -0.3 is 15.8 Å². The highest BCUT2D eigenvalue weighted by Crippen LogP contribution is 2.17. The maximum absolute atomic E-state index is 5.82. The molecule has 5 heteroatoms. The Morgan fingerprint density at radius 3 is 2.71 bits per heavy atom. The first-order chi connectivity index (χ1) is 10.1. The molecule has 4 nitrogen and oxygen atoms in total. The van der Waals surface area contributed by atoms with Crippen molar-refractivity contribution in [2.75, 3.05) is 18.5 Å². The van der Waals surface area contributed by atoms with E-state index in [0.717, 1.165) is 15.9 Å². The van der Waals surface area contributed by atoms with Gasteiger partial charge in [-0.25, -0.2) is 4.99 Å². The molecule has 2 aromatic carbocycles. The van der Waals surface area contributed by atoms with E-state index in [4.69, 9.17) is 10.5 Å². The lowest BCUT2D eigenvalue weighted by atomic mass is 10.2. The van der Waals surface area contributed by atoms with E-state index >= 15 is 0 Å². The second-order valence-corrected chi connectivity index (χ2v) is 5.48. The van der Waals surface area contributed by atoms with Gasteiger partial charge in [0.25, 0.3) is 0 Å². The zero-order valence-corrected chi connectivity index (χ0v) is 13.4. The molecule has 3 N–H and O–H groups in total. The molecule has 0 fully saturated rings. The molecule has 0 saturated carbocycles. The summed E-state index contributed by atoms with van der Waals surface area (Å²) in [6.45, 7) is 3.02. The SMILES string of the molecule is Cc1ccc(NC(N)=NCCOc2cccc(Br)c2)cc1.